The molecule has 3 atom stereocenters. The van der Waals surface area contributed by atoms with Crippen LogP contribution in [-0.2, 0) is 6.54 Å². The summed E-state index contributed by atoms with van der Waals surface area (Å²) in [5.41, 5.74) is 0.498. The molecule has 0 radical (unpaired) electrons. The smallest absolute Gasteiger partial charge is 0.404 e. The highest BCUT2D eigenvalue weighted by Gasteiger charge is 2.47. The number of quaternary nitrogens is 1. The molecule has 3 heterocycles. The minimum absolute atomic E-state index is 0.236. The lowest BCUT2D eigenvalue weighted by atomic mass is 9.91. The van der Waals surface area contributed by atoms with Crippen molar-refractivity contribution < 1.29 is 23.9 Å². The van der Waals surface area contributed by atoms with E-state index in [2.05, 4.69) is 31.1 Å². The second kappa shape index (κ2) is 7.72. The summed E-state index contributed by atoms with van der Waals surface area (Å²) in [5, 5.41) is 22.0. The summed E-state index contributed by atoms with van der Waals surface area (Å²) in [6.07, 6.45) is -0.369. The number of fused-ring (bicyclic) bond motifs is 1. The molecule has 3 N–H and O–H groups in total. The van der Waals surface area contributed by atoms with E-state index in [0.717, 1.165) is 6.20 Å². The molecule has 1 fully saturated rings. The first-order chi connectivity index (χ1) is 13.5. The predicted molar refractivity (Wildman–Crippen MR) is 106 cm³/mol. The van der Waals surface area contributed by atoms with E-state index in [1.807, 2.05) is 0 Å². The summed E-state index contributed by atoms with van der Waals surface area (Å²) < 4.78 is 15.8. The zero-order valence-electron chi connectivity index (χ0n) is 16.9. The van der Waals surface area contributed by atoms with Gasteiger partial charge in [-0.1, -0.05) is 0 Å². The number of nitrogens with zero attached hydrogens (tertiary/aromatic N) is 3. The first kappa shape index (κ1) is 21.2. The Balaban J connectivity index is 1.90. The van der Waals surface area contributed by atoms with Gasteiger partial charge in [-0.3, -0.25) is 9.78 Å². The second-order valence-electron chi connectivity index (χ2n) is 8.74. The van der Waals surface area contributed by atoms with Crippen molar-refractivity contribution in [2.24, 2.45) is 0 Å². The van der Waals surface area contributed by atoms with Crippen molar-refractivity contribution in [3.8, 4) is 0 Å². The van der Waals surface area contributed by atoms with Crippen molar-refractivity contribution in [1.29, 1.82) is 0 Å². The fourth-order valence-corrected chi connectivity index (χ4v) is 4.29. The minimum atomic E-state index is -1.15. The quantitative estimate of drug-likeness (QED) is 0.667. The number of likely N-dealkylation sites (tertiary alicyclic amines) is 1. The predicted octanol–water partition coefficient (Wildman–Crippen LogP) is 1.55. The molecule has 0 saturated carbocycles. The molecule has 9 heteroatoms. The van der Waals surface area contributed by atoms with Crippen LogP contribution in [0, 0.1) is 5.82 Å². The van der Waals surface area contributed by atoms with Crippen LogP contribution in [0.1, 0.15) is 27.2 Å². The van der Waals surface area contributed by atoms with Crippen LogP contribution in [0.2, 0.25) is 0 Å². The van der Waals surface area contributed by atoms with Gasteiger partial charge in [0.25, 0.3) is 5.56 Å². The molecular weight excluding hydrogens is 379 g/mol. The van der Waals surface area contributed by atoms with E-state index < -0.39 is 24.1 Å². The highest BCUT2D eigenvalue weighted by Crippen LogP contribution is 2.31. The van der Waals surface area contributed by atoms with Gasteiger partial charge in [-0.2, -0.15) is 0 Å². The summed E-state index contributed by atoms with van der Waals surface area (Å²) in [5.74, 6) is -0.507. The Kier molecular flexibility index (Phi) is 5.64. The van der Waals surface area contributed by atoms with Crippen molar-refractivity contribution >= 4 is 17.1 Å². The van der Waals surface area contributed by atoms with Crippen LogP contribution in [0.15, 0.2) is 29.2 Å². The van der Waals surface area contributed by atoms with Gasteiger partial charge in [0.1, 0.15) is 18.5 Å². The zero-order chi connectivity index (χ0) is 21.4. The number of carboxylic acid groups (broad SMARTS) is 1. The summed E-state index contributed by atoms with van der Waals surface area (Å²) >= 11 is 0. The van der Waals surface area contributed by atoms with Crippen molar-refractivity contribution in [2.75, 3.05) is 19.6 Å². The van der Waals surface area contributed by atoms with Gasteiger partial charge in [0, 0.05) is 18.6 Å². The Morgan fingerprint density at radius 3 is 2.76 bits per heavy atom. The molecule has 1 aliphatic heterocycles. The van der Waals surface area contributed by atoms with Gasteiger partial charge in [0.15, 0.2) is 0 Å². The number of hydrogen-bond donors (Lipinski definition) is 3. The van der Waals surface area contributed by atoms with Crippen LogP contribution < -0.4 is 10.9 Å². The Morgan fingerprint density at radius 2 is 2.14 bits per heavy atom. The number of rotatable bonds is 4. The van der Waals surface area contributed by atoms with Crippen LogP contribution in [0.4, 0.5) is 9.18 Å². The number of aliphatic hydroxyl groups excluding tert-OH is 1. The summed E-state index contributed by atoms with van der Waals surface area (Å²) in [7, 11) is 0. The van der Waals surface area contributed by atoms with Crippen LogP contribution in [-0.4, -0.2) is 67.7 Å². The number of halogens is 1. The molecule has 1 amide bonds. The Hall–Kier alpha value is -2.52. The third-order valence-electron chi connectivity index (χ3n) is 6.16. The molecule has 3 rings (SSSR count). The van der Waals surface area contributed by atoms with Crippen LogP contribution in [0.3, 0.4) is 0 Å². The maximum Gasteiger partial charge on any atom is 0.404 e. The van der Waals surface area contributed by atoms with E-state index in [4.69, 9.17) is 5.11 Å². The van der Waals surface area contributed by atoms with Crippen LogP contribution >= 0.6 is 0 Å². The van der Waals surface area contributed by atoms with Crippen LogP contribution in [0.25, 0.3) is 11.0 Å². The molecular formula is C20H28FN4O4+. The summed E-state index contributed by atoms with van der Waals surface area (Å²) in [6.45, 7) is 8.09. The van der Waals surface area contributed by atoms with Crippen molar-refractivity contribution in [1.82, 2.24) is 14.9 Å². The average molecular weight is 407 g/mol. The van der Waals surface area contributed by atoms with E-state index >= 15 is 0 Å². The van der Waals surface area contributed by atoms with E-state index in [1.165, 1.54) is 16.7 Å². The van der Waals surface area contributed by atoms with Crippen molar-refractivity contribution in [3.05, 3.63) is 40.6 Å². The fourth-order valence-electron chi connectivity index (χ4n) is 4.29. The summed E-state index contributed by atoms with van der Waals surface area (Å²) in [6, 6.07) is 3.80. The highest BCUT2D eigenvalue weighted by atomic mass is 19.1. The molecule has 158 valence electrons. The molecule has 29 heavy (non-hydrogen) atoms. The van der Waals surface area contributed by atoms with E-state index in [1.54, 1.807) is 6.07 Å². The van der Waals surface area contributed by atoms with Crippen LogP contribution in [0.5, 0.6) is 0 Å². The average Bonchev–Trinajstić information content (AvgIpc) is 2.61. The molecule has 2 aromatic heterocycles. The molecule has 0 aliphatic carbocycles. The molecule has 0 bridgehead atoms. The summed E-state index contributed by atoms with van der Waals surface area (Å²) in [4.78, 5) is 27.5. The molecule has 1 unspecified atom stereocenters. The standard InChI is InChI=1S/C20H27FN4O4/c1-20(2,3)25(8-6-15(17(26)12-25)23-19(28)29)9-7-24-16-10-13(21)11-22-14(16)4-5-18(24)27/h4-5,10-11,15,17,23,26H,6-9,12H2,1-3H3/p+1/t15-,17+,25?/m0/s1. The number of aromatic nitrogens is 2. The molecule has 2 aromatic rings. The number of amides is 1. The number of nitrogens with one attached hydrogen (secondary N) is 1. The van der Waals surface area contributed by atoms with E-state index in [9.17, 15) is 19.1 Å². The third kappa shape index (κ3) is 4.25. The SMILES string of the molecule is CC(C)(C)[N+]1(CCn2c(=O)ccc3ncc(F)cc32)CC[C@H](NC(=O)O)[C@H](O)C1. The maximum atomic E-state index is 13.7. The first-order valence-corrected chi connectivity index (χ1v) is 9.71. The second-order valence-corrected chi connectivity index (χ2v) is 8.74. The molecule has 1 aliphatic rings. The van der Waals surface area contributed by atoms with Gasteiger partial charge in [0.2, 0.25) is 0 Å². The van der Waals surface area contributed by atoms with Gasteiger partial charge in [-0.25, -0.2) is 9.18 Å². The van der Waals surface area contributed by atoms with Crippen molar-refractivity contribution in [2.45, 2.75) is 51.4 Å². The molecule has 0 spiro atoms. The Labute approximate surface area is 168 Å². The lowest BCUT2D eigenvalue weighted by molar-refractivity contribution is -0.978. The number of carbonyl (C=O) groups is 1. The topological polar surface area (TPSA) is 104 Å². The Bertz CT molecular complexity index is 971. The number of pyridine rings is 2. The Morgan fingerprint density at radius 1 is 1.41 bits per heavy atom. The molecule has 0 aromatic carbocycles. The third-order valence-corrected chi connectivity index (χ3v) is 6.16. The number of hydrogen-bond acceptors (Lipinski definition) is 4. The number of aliphatic hydroxyl groups is 1. The number of piperidine rings is 1. The molecule has 8 nitrogen and oxygen atoms in total. The lowest BCUT2D eigenvalue weighted by Gasteiger charge is -2.53. The van der Waals surface area contributed by atoms with E-state index in [-0.39, 0.29) is 11.1 Å². The molecule has 1 saturated heterocycles. The minimum Gasteiger partial charge on any atom is -0.465 e. The van der Waals surface area contributed by atoms with Gasteiger partial charge in [0.05, 0.1) is 48.4 Å². The monoisotopic (exact) mass is 407 g/mol. The largest absolute Gasteiger partial charge is 0.465 e. The fraction of sp³-hybridized carbons (Fsp3) is 0.550. The van der Waals surface area contributed by atoms with Crippen molar-refractivity contribution in [3.63, 3.8) is 0 Å². The van der Waals surface area contributed by atoms with Gasteiger partial charge < -0.3 is 24.6 Å². The maximum absolute atomic E-state index is 13.7. The van der Waals surface area contributed by atoms with Gasteiger partial charge in [-0.15, -0.1) is 0 Å². The zero-order valence-corrected chi connectivity index (χ0v) is 16.9. The van der Waals surface area contributed by atoms with E-state index in [0.29, 0.717) is 48.1 Å². The van der Waals surface area contributed by atoms with Gasteiger partial charge >= 0.3 is 6.09 Å². The highest BCUT2D eigenvalue weighted by molar-refractivity contribution is 5.74. The van der Waals surface area contributed by atoms with Gasteiger partial charge in [-0.05, 0) is 26.8 Å². The first-order valence-electron chi connectivity index (χ1n) is 9.71. The lowest BCUT2D eigenvalue weighted by Crippen LogP contribution is -2.70. The normalized spacial score (nSPS) is 25.1.